The van der Waals surface area contributed by atoms with Crippen LogP contribution in [0.15, 0.2) is 42.5 Å². The highest BCUT2D eigenvalue weighted by molar-refractivity contribution is 5.95. The number of anilines is 1. The van der Waals surface area contributed by atoms with Gasteiger partial charge in [0, 0.05) is 26.7 Å². The Morgan fingerprint density at radius 3 is 2.97 bits per heavy atom. The smallest absolute Gasteiger partial charge is 0.262 e. The minimum Gasteiger partial charge on any atom is -0.482 e. The summed E-state index contributed by atoms with van der Waals surface area (Å²) in [5, 5.41) is 22.0. The molecule has 2 aliphatic rings. The Bertz CT molecular complexity index is 1060. The topological polar surface area (TPSA) is 106 Å². The van der Waals surface area contributed by atoms with E-state index in [4.69, 9.17) is 4.74 Å². The number of likely N-dealkylation sites (tertiary alicyclic amines) is 1. The molecule has 32 heavy (non-hydrogen) atoms. The number of fused-ring (bicyclic) bond motifs is 1. The Morgan fingerprint density at radius 2 is 2.22 bits per heavy atom. The third-order valence-corrected chi connectivity index (χ3v) is 5.97. The summed E-state index contributed by atoms with van der Waals surface area (Å²) in [7, 11) is 1.77. The zero-order valence-electron chi connectivity index (χ0n) is 18.0. The second kappa shape index (κ2) is 9.39. The number of hydrogen-bond donors (Lipinski definition) is 2. The van der Waals surface area contributed by atoms with Crippen LogP contribution in [0, 0.1) is 11.3 Å². The molecule has 8 heteroatoms. The third kappa shape index (κ3) is 4.90. The van der Waals surface area contributed by atoms with E-state index in [2.05, 4.69) is 16.3 Å². The largest absolute Gasteiger partial charge is 0.482 e. The van der Waals surface area contributed by atoms with Crippen LogP contribution in [0.5, 0.6) is 5.75 Å². The van der Waals surface area contributed by atoms with Crippen molar-refractivity contribution in [3.63, 3.8) is 0 Å². The van der Waals surface area contributed by atoms with E-state index in [1.165, 1.54) is 0 Å². The Kier molecular flexibility index (Phi) is 6.40. The molecule has 0 radical (unpaired) electrons. The van der Waals surface area contributed by atoms with Crippen molar-refractivity contribution >= 4 is 17.5 Å². The quantitative estimate of drug-likeness (QED) is 0.717. The summed E-state index contributed by atoms with van der Waals surface area (Å²) < 4.78 is 5.38. The van der Waals surface area contributed by atoms with E-state index in [1.54, 1.807) is 30.1 Å². The molecule has 2 aliphatic heterocycles. The number of aliphatic hydroxyl groups excluding tert-OH is 1. The van der Waals surface area contributed by atoms with Crippen LogP contribution < -0.4 is 10.1 Å². The maximum atomic E-state index is 13.2. The van der Waals surface area contributed by atoms with Gasteiger partial charge in [0.2, 0.25) is 5.91 Å². The highest BCUT2D eigenvalue weighted by Gasteiger charge is 2.28. The number of likely N-dealkylation sites (N-methyl/N-ethyl adjacent to an activating group) is 1. The Morgan fingerprint density at radius 1 is 1.38 bits per heavy atom. The lowest BCUT2D eigenvalue weighted by atomic mass is 10.0. The molecule has 0 spiro atoms. The number of carbonyl (C=O) groups is 2. The number of aliphatic hydroxyl groups is 1. The lowest BCUT2D eigenvalue weighted by molar-refractivity contribution is -0.131. The number of benzene rings is 2. The molecule has 0 aliphatic carbocycles. The minimum absolute atomic E-state index is 0.0113. The minimum atomic E-state index is -0.352. The van der Waals surface area contributed by atoms with Crippen molar-refractivity contribution in [2.75, 3.05) is 38.6 Å². The summed E-state index contributed by atoms with van der Waals surface area (Å²) in [6, 6.07) is 14.5. The van der Waals surface area contributed by atoms with Gasteiger partial charge in [-0.15, -0.1) is 0 Å². The summed E-state index contributed by atoms with van der Waals surface area (Å²) in [6.45, 7) is 1.90. The number of nitrogens with one attached hydrogen (secondary N) is 1. The molecule has 2 heterocycles. The number of rotatable bonds is 6. The summed E-state index contributed by atoms with van der Waals surface area (Å²) in [5.74, 6) is 0.288. The maximum Gasteiger partial charge on any atom is 0.262 e. The summed E-state index contributed by atoms with van der Waals surface area (Å²) >= 11 is 0. The SMILES string of the molecule is CN(C(=O)Cc1ccc2c(c1)NC(=O)CO2)[C@H](CN1CC[C@@H](O)C1)c1cccc(C#N)c1. The predicted octanol–water partition coefficient (Wildman–Crippen LogP) is 1.70. The molecule has 8 nitrogen and oxygen atoms in total. The van der Waals surface area contributed by atoms with Crippen LogP contribution in [0.2, 0.25) is 0 Å². The van der Waals surface area contributed by atoms with Gasteiger partial charge in [-0.2, -0.15) is 5.26 Å². The number of amides is 2. The number of β-amino-alcohol motifs (C(OH)–C–C–N with tert-alkyl or cyclic N) is 1. The van der Waals surface area contributed by atoms with Gasteiger partial charge >= 0.3 is 0 Å². The summed E-state index contributed by atoms with van der Waals surface area (Å²) in [6.07, 6.45) is 0.525. The molecular weight excluding hydrogens is 408 g/mol. The van der Waals surface area contributed by atoms with E-state index in [-0.39, 0.29) is 37.0 Å². The fraction of sp³-hybridized carbons (Fsp3) is 0.375. The zero-order valence-corrected chi connectivity index (χ0v) is 18.0. The summed E-state index contributed by atoms with van der Waals surface area (Å²) in [4.78, 5) is 28.7. The first-order valence-corrected chi connectivity index (χ1v) is 10.6. The van der Waals surface area contributed by atoms with Crippen molar-refractivity contribution < 1.29 is 19.4 Å². The normalized spacial score (nSPS) is 18.8. The molecule has 2 N–H and O–H groups in total. The first kappa shape index (κ1) is 21.8. The molecule has 0 bridgehead atoms. The number of ether oxygens (including phenoxy) is 1. The van der Waals surface area contributed by atoms with Crippen molar-refractivity contribution in [1.29, 1.82) is 5.26 Å². The lowest BCUT2D eigenvalue weighted by Gasteiger charge is -2.32. The van der Waals surface area contributed by atoms with Gasteiger partial charge in [0.1, 0.15) is 5.75 Å². The Balaban J connectivity index is 1.53. The van der Waals surface area contributed by atoms with Crippen molar-refractivity contribution in [3.8, 4) is 11.8 Å². The average Bonchev–Trinajstić information content (AvgIpc) is 3.21. The van der Waals surface area contributed by atoms with Gasteiger partial charge < -0.3 is 20.1 Å². The Hall–Kier alpha value is -3.41. The molecule has 2 aromatic rings. The van der Waals surface area contributed by atoms with Crippen LogP contribution in [-0.2, 0) is 16.0 Å². The van der Waals surface area contributed by atoms with E-state index in [9.17, 15) is 20.0 Å². The fourth-order valence-corrected chi connectivity index (χ4v) is 4.20. The third-order valence-electron chi connectivity index (χ3n) is 5.97. The van der Waals surface area contributed by atoms with Crippen molar-refractivity contribution in [2.45, 2.75) is 25.0 Å². The molecule has 1 saturated heterocycles. The monoisotopic (exact) mass is 434 g/mol. The highest BCUT2D eigenvalue weighted by atomic mass is 16.5. The van der Waals surface area contributed by atoms with Gasteiger partial charge in [-0.1, -0.05) is 18.2 Å². The molecule has 2 atom stereocenters. The molecule has 1 fully saturated rings. The van der Waals surface area contributed by atoms with Crippen LogP contribution in [0.3, 0.4) is 0 Å². The molecule has 166 valence electrons. The molecule has 2 amide bonds. The number of carbonyl (C=O) groups excluding carboxylic acids is 2. The van der Waals surface area contributed by atoms with E-state index in [0.717, 1.165) is 17.7 Å². The van der Waals surface area contributed by atoms with E-state index < -0.39 is 0 Å². The molecular formula is C24H26N4O4. The van der Waals surface area contributed by atoms with E-state index in [1.807, 2.05) is 24.3 Å². The molecule has 0 saturated carbocycles. The van der Waals surface area contributed by atoms with Gasteiger partial charge in [-0.3, -0.25) is 14.5 Å². The second-order valence-electron chi connectivity index (χ2n) is 8.30. The highest BCUT2D eigenvalue weighted by Crippen LogP contribution is 2.29. The van der Waals surface area contributed by atoms with Gasteiger partial charge in [-0.05, 0) is 41.8 Å². The molecule has 0 unspecified atom stereocenters. The number of nitrogens with zero attached hydrogens (tertiary/aromatic N) is 3. The van der Waals surface area contributed by atoms with Gasteiger partial charge in [-0.25, -0.2) is 0 Å². The molecule has 0 aromatic heterocycles. The van der Waals surface area contributed by atoms with E-state index in [0.29, 0.717) is 36.5 Å². The summed E-state index contributed by atoms with van der Waals surface area (Å²) in [5.41, 5.74) is 2.76. The molecule has 4 rings (SSSR count). The zero-order chi connectivity index (χ0) is 22.7. The van der Waals surface area contributed by atoms with Crippen molar-refractivity contribution in [2.24, 2.45) is 0 Å². The van der Waals surface area contributed by atoms with Crippen LogP contribution in [0.4, 0.5) is 5.69 Å². The Labute approximate surface area is 187 Å². The molecule has 2 aromatic carbocycles. The standard InChI is InChI=1S/C24H26N4O4/c1-27(24(31)11-16-5-6-22-20(10-16)26-23(30)15-32-22)21(14-28-8-7-19(29)13-28)18-4-2-3-17(9-18)12-25/h2-6,9-10,19,21,29H,7-8,11,13-15H2,1H3,(H,26,30)/t19-,21-/m1/s1. The first-order chi connectivity index (χ1) is 15.4. The van der Waals surface area contributed by atoms with Crippen LogP contribution >= 0.6 is 0 Å². The van der Waals surface area contributed by atoms with Crippen LogP contribution in [0.1, 0.15) is 29.2 Å². The lowest BCUT2D eigenvalue weighted by Crippen LogP contribution is -2.39. The number of nitriles is 1. The first-order valence-electron chi connectivity index (χ1n) is 10.6. The van der Waals surface area contributed by atoms with Crippen molar-refractivity contribution in [1.82, 2.24) is 9.80 Å². The van der Waals surface area contributed by atoms with E-state index >= 15 is 0 Å². The number of hydrogen-bond acceptors (Lipinski definition) is 6. The van der Waals surface area contributed by atoms with Gasteiger partial charge in [0.05, 0.1) is 35.9 Å². The van der Waals surface area contributed by atoms with Crippen LogP contribution in [-0.4, -0.2) is 66.1 Å². The average molecular weight is 434 g/mol. The predicted molar refractivity (Wildman–Crippen MR) is 118 cm³/mol. The fourth-order valence-electron chi connectivity index (χ4n) is 4.20. The second-order valence-corrected chi connectivity index (χ2v) is 8.30. The van der Waals surface area contributed by atoms with Crippen LogP contribution in [0.25, 0.3) is 0 Å². The maximum absolute atomic E-state index is 13.2. The van der Waals surface area contributed by atoms with Crippen molar-refractivity contribution in [3.05, 3.63) is 59.2 Å². The van der Waals surface area contributed by atoms with Gasteiger partial charge in [0.25, 0.3) is 5.91 Å². The van der Waals surface area contributed by atoms with Gasteiger partial charge in [0.15, 0.2) is 6.61 Å².